The quantitative estimate of drug-likeness (QED) is 0.589. The fraction of sp³-hybridized carbons (Fsp3) is 0.105. The predicted octanol–water partition coefficient (Wildman–Crippen LogP) is 3.27. The summed E-state index contributed by atoms with van der Waals surface area (Å²) in [6, 6.07) is 14.4. The number of nitrogens with one attached hydrogen (secondary N) is 2. The van der Waals surface area contributed by atoms with Gasteiger partial charge in [-0.25, -0.2) is 9.78 Å². The van der Waals surface area contributed by atoms with Crippen molar-refractivity contribution in [2.45, 2.75) is 13.3 Å². The van der Waals surface area contributed by atoms with Gasteiger partial charge in [-0.2, -0.15) is 0 Å². The van der Waals surface area contributed by atoms with Crippen LogP contribution in [0.4, 0.5) is 5.69 Å². The summed E-state index contributed by atoms with van der Waals surface area (Å²) in [6.45, 7) is 1.78. The van der Waals surface area contributed by atoms with Crippen molar-refractivity contribution < 1.29 is 13.6 Å². The Morgan fingerprint density at radius 3 is 2.77 bits per heavy atom. The number of benzene rings is 2. The van der Waals surface area contributed by atoms with E-state index in [0.717, 1.165) is 5.56 Å². The highest BCUT2D eigenvalue weighted by Gasteiger charge is 2.15. The third kappa shape index (κ3) is 3.14. The molecule has 0 aliphatic heterocycles. The molecule has 0 atom stereocenters. The number of nitrogens with zero attached hydrogens (tertiary/aromatic N) is 1. The molecule has 2 N–H and O–H groups in total. The Labute approximate surface area is 147 Å². The van der Waals surface area contributed by atoms with Crippen molar-refractivity contribution in [3.05, 3.63) is 70.5 Å². The maximum Gasteiger partial charge on any atom is 0.417 e. The highest BCUT2D eigenvalue weighted by Crippen LogP contribution is 2.22. The number of aryl methyl sites for hydroxylation is 1. The molecular weight excluding hydrogens is 334 g/mol. The van der Waals surface area contributed by atoms with Crippen molar-refractivity contribution in [3.8, 4) is 11.5 Å². The number of H-pyrrole nitrogens is 1. The van der Waals surface area contributed by atoms with Crippen LogP contribution in [0.5, 0.6) is 0 Å². The Bertz CT molecular complexity index is 1140. The lowest BCUT2D eigenvalue weighted by Crippen LogP contribution is -2.15. The first-order chi connectivity index (χ1) is 12.6. The Morgan fingerprint density at radius 1 is 1.15 bits per heavy atom. The third-order valence-electron chi connectivity index (χ3n) is 3.94. The van der Waals surface area contributed by atoms with Crippen molar-refractivity contribution in [1.29, 1.82) is 0 Å². The van der Waals surface area contributed by atoms with Crippen molar-refractivity contribution in [1.82, 2.24) is 9.97 Å². The van der Waals surface area contributed by atoms with Crippen LogP contribution in [0.3, 0.4) is 0 Å². The molecule has 2 heterocycles. The molecule has 0 unspecified atom stereocenters. The van der Waals surface area contributed by atoms with Crippen molar-refractivity contribution in [3.63, 3.8) is 0 Å². The van der Waals surface area contributed by atoms with E-state index < -0.39 is 5.76 Å². The minimum atomic E-state index is -0.532. The smallest absolute Gasteiger partial charge is 0.417 e. The lowest BCUT2D eigenvalue weighted by molar-refractivity contribution is -0.115. The SMILES string of the molecule is Cc1oc(-c2ccccc2)nc1CC(=O)Nc1ccc2oc(=O)[nH]c2c1. The number of hydrogen-bond donors (Lipinski definition) is 2. The van der Waals surface area contributed by atoms with Crippen LogP contribution >= 0.6 is 0 Å². The molecule has 130 valence electrons. The number of fused-ring (bicyclic) bond motifs is 1. The van der Waals surface area contributed by atoms with Gasteiger partial charge in [0.1, 0.15) is 5.76 Å². The molecule has 0 aliphatic carbocycles. The van der Waals surface area contributed by atoms with Crippen LogP contribution in [0.15, 0.2) is 62.2 Å². The third-order valence-corrected chi connectivity index (χ3v) is 3.94. The monoisotopic (exact) mass is 349 g/mol. The minimum Gasteiger partial charge on any atom is -0.441 e. The Morgan fingerprint density at radius 2 is 1.96 bits per heavy atom. The molecule has 2 aromatic carbocycles. The van der Waals surface area contributed by atoms with Gasteiger partial charge in [0.25, 0.3) is 0 Å². The highest BCUT2D eigenvalue weighted by molar-refractivity contribution is 5.94. The van der Waals surface area contributed by atoms with Crippen molar-refractivity contribution >= 4 is 22.7 Å². The van der Waals surface area contributed by atoms with Gasteiger partial charge in [0.15, 0.2) is 5.58 Å². The number of carbonyl (C=O) groups is 1. The summed E-state index contributed by atoms with van der Waals surface area (Å²) >= 11 is 0. The van der Waals surface area contributed by atoms with Gasteiger partial charge in [-0.15, -0.1) is 0 Å². The second-order valence-electron chi connectivity index (χ2n) is 5.84. The fourth-order valence-electron chi connectivity index (χ4n) is 2.68. The summed E-state index contributed by atoms with van der Waals surface area (Å²) in [4.78, 5) is 30.5. The van der Waals surface area contributed by atoms with Gasteiger partial charge in [0.05, 0.1) is 17.6 Å². The summed E-state index contributed by atoms with van der Waals surface area (Å²) in [6.07, 6.45) is 0.0854. The standard InChI is InChI=1S/C19H15N3O4/c1-11-14(21-18(25-11)12-5-3-2-4-6-12)10-17(23)20-13-7-8-16-15(9-13)22-19(24)26-16/h2-9H,10H2,1H3,(H,20,23)(H,22,24). The number of hydrogen-bond acceptors (Lipinski definition) is 5. The lowest BCUT2D eigenvalue weighted by Gasteiger charge is -2.03. The molecule has 26 heavy (non-hydrogen) atoms. The summed E-state index contributed by atoms with van der Waals surface area (Å²) < 4.78 is 10.6. The maximum absolute atomic E-state index is 12.3. The predicted molar refractivity (Wildman–Crippen MR) is 95.8 cm³/mol. The summed E-state index contributed by atoms with van der Waals surface area (Å²) in [5, 5.41) is 2.78. The molecule has 7 nitrogen and oxygen atoms in total. The van der Waals surface area contributed by atoms with E-state index in [9.17, 15) is 9.59 Å². The average molecular weight is 349 g/mol. The van der Waals surface area contributed by atoms with Gasteiger partial charge >= 0.3 is 5.76 Å². The number of aromatic amines is 1. The van der Waals surface area contributed by atoms with E-state index in [-0.39, 0.29) is 12.3 Å². The van der Waals surface area contributed by atoms with Gasteiger partial charge in [0, 0.05) is 11.3 Å². The molecule has 2 aromatic heterocycles. The molecule has 0 saturated heterocycles. The normalized spacial score (nSPS) is 11.0. The van der Waals surface area contributed by atoms with Gasteiger partial charge in [0.2, 0.25) is 11.8 Å². The highest BCUT2D eigenvalue weighted by atomic mass is 16.4. The molecule has 0 aliphatic rings. The van der Waals surface area contributed by atoms with Crippen LogP contribution in [0.1, 0.15) is 11.5 Å². The van der Waals surface area contributed by atoms with E-state index in [2.05, 4.69) is 15.3 Å². The zero-order valence-electron chi connectivity index (χ0n) is 13.9. The van der Waals surface area contributed by atoms with Crippen LogP contribution in [-0.4, -0.2) is 15.9 Å². The Kier molecular flexibility index (Phi) is 3.89. The number of aromatic nitrogens is 2. The van der Waals surface area contributed by atoms with E-state index in [1.807, 2.05) is 30.3 Å². The van der Waals surface area contributed by atoms with Gasteiger partial charge in [-0.05, 0) is 37.3 Å². The van der Waals surface area contributed by atoms with Crippen LogP contribution in [-0.2, 0) is 11.2 Å². The molecule has 4 aromatic rings. The Hall–Kier alpha value is -3.61. The molecule has 4 rings (SSSR count). The second-order valence-corrected chi connectivity index (χ2v) is 5.84. The van der Waals surface area contributed by atoms with Gasteiger partial charge in [-0.3, -0.25) is 9.78 Å². The number of oxazole rings is 2. The van der Waals surface area contributed by atoms with Crippen LogP contribution in [0.2, 0.25) is 0 Å². The average Bonchev–Trinajstić information content (AvgIpc) is 3.17. The first-order valence-corrected chi connectivity index (χ1v) is 8.03. The first-order valence-electron chi connectivity index (χ1n) is 8.03. The van der Waals surface area contributed by atoms with Crippen LogP contribution in [0, 0.1) is 6.92 Å². The van der Waals surface area contributed by atoms with E-state index in [0.29, 0.717) is 34.1 Å². The molecule has 0 fully saturated rings. The first kappa shape index (κ1) is 15.9. The zero-order valence-corrected chi connectivity index (χ0v) is 13.9. The summed E-state index contributed by atoms with van der Waals surface area (Å²) in [5.41, 5.74) is 2.96. The molecule has 0 radical (unpaired) electrons. The lowest BCUT2D eigenvalue weighted by atomic mass is 10.2. The number of rotatable bonds is 4. The van der Waals surface area contributed by atoms with Gasteiger partial charge in [-0.1, -0.05) is 18.2 Å². The van der Waals surface area contributed by atoms with E-state index in [1.165, 1.54) is 0 Å². The Balaban J connectivity index is 1.50. The van der Waals surface area contributed by atoms with Crippen molar-refractivity contribution in [2.24, 2.45) is 0 Å². The second kappa shape index (κ2) is 6.36. The minimum absolute atomic E-state index is 0.0854. The topological polar surface area (TPSA) is 101 Å². The van der Waals surface area contributed by atoms with Gasteiger partial charge < -0.3 is 14.2 Å². The summed E-state index contributed by atoms with van der Waals surface area (Å²) in [5.74, 6) is 0.332. The molecule has 7 heteroatoms. The zero-order chi connectivity index (χ0) is 18.1. The van der Waals surface area contributed by atoms with Crippen LogP contribution < -0.4 is 11.1 Å². The van der Waals surface area contributed by atoms with Crippen LogP contribution in [0.25, 0.3) is 22.6 Å². The number of carbonyl (C=O) groups excluding carboxylic acids is 1. The largest absolute Gasteiger partial charge is 0.441 e. The van der Waals surface area contributed by atoms with E-state index >= 15 is 0 Å². The molecule has 0 saturated carbocycles. The molecule has 0 spiro atoms. The number of anilines is 1. The van der Waals surface area contributed by atoms with E-state index in [4.69, 9.17) is 8.83 Å². The number of amides is 1. The molecule has 0 bridgehead atoms. The van der Waals surface area contributed by atoms with E-state index in [1.54, 1.807) is 25.1 Å². The fourth-order valence-corrected chi connectivity index (χ4v) is 2.68. The summed E-state index contributed by atoms with van der Waals surface area (Å²) in [7, 11) is 0. The molecular formula is C19H15N3O4. The molecule has 1 amide bonds. The maximum atomic E-state index is 12.3. The van der Waals surface area contributed by atoms with Crippen molar-refractivity contribution in [2.75, 3.05) is 5.32 Å².